The number of anilines is 1. The fourth-order valence-corrected chi connectivity index (χ4v) is 3.69. The van der Waals surface area contributed by atoms with Crippen LogP contribution >= 0.6 is 0 Å². The molecule has 24 heavy (non-hydrogen) atoms. The van der Waals surface area contributed by atoms with Crippen LogP contribution in [0, 0.1) is 13.8 Å². The maximum atomic E-state index is 12.4. The van der Waals surface area contributed by atoms with Crippen molar-refractivity contribution in [1.29, 1.82) is 0 Å². The second kappa shape index (κ2) is 6.43. The lowest BCUT2D eigenvalue weighted by Crippen LogP contribution is -2.35. The molecule has 3 rings (SSSR count). The molecular weight excluding hydrogens is 328 g/mol. The van der Waals surface area contributed by atoms with Crippen molar-refractivity contribution in [3.63, 3.8) is 0 Å². The number of aliphatic hydroxyl groups excluding tert-OH is 1. The fraction of sp³-hybridized carbons (Fsp3) is 0.294. The number of aliphatic hydroxyl groups is 1. The highest BCUT2D eigenvalue weighted by atomic mass is 32.2. The molecule has 0 spiro atoms. The molecule has 2 N–H and O–H groups in total. The summed E-state index contributed by atoms with van der Waals surface area (Å²) in [6.45, 7) is 5.11. The van der Waals surface area contributed by atoms with Crippen LogP contribution < -0.4 is 14.4 Å². The van der Waals surface area contributed by atoms with Crippen molar-refractivity contribution in [2.24, 2.45) is 0 Å². The molecule has 1 saturated heterocycles. The van der Waals surface area contributed by atoms with Gasteiger partial charge in [-0.3, -0.25) is 5.32 Å². The molecule has 0 radical (unpaired) electrons. The first-order chi connectivity index (χ1) is 11.3. The summed E-state index contributed by atoms with van der Waals surface area (Å²) in [5.41, 5.74) is 2.62. The standard InChI is InChI=1S/C17H20N2O4S/c1-12-9-13(2)11-15(10-12)23-24(21,22)16-5-3-14(4-6-16)19-8-7-18-17(19)20/h3-6,9-11,17-18,20H,7-8H2,1-2H3. The van der Waals surface area contributed by atoms with Crippen LogP contribution in [0.2, 0.25) is 0 Å². The van der Waals surface area contributed by atoms with Crippen molar-refractivity contribution in [3.8, 4) is 5.75 Å². The van der Waals surface area contributed by atoms with Crippen molar-refractivity contribution >= 4 is 15.8 Å². The zero-order valence-electron chi connectivity index (χ0n) is 13.6. The topological polar surface area (TPSA) is 78.9 Å². The Morgan fingerprint density at radius 3 is 2.29 bits per heavy atom. The molecule has 1 heterocycles. The monoisotopic (exact) mass is 348 g/mol. The summed E-state index contributed by atoms with van der Waals surface area (Å²) in [6.07, 6.45) is -0.751. The van der Waals surface area contributed by atoms with E-state index in [1.807, 2.05) is 19.9 Å². The van der Waals surface area contributed by atoms with Crippen molar-refractivity contribution in [3.05, 3.63) is 53.6 Å². The number of nitrogens with zero attached hydrogens (tertiary/aromatic N) is 1. The number of aryl methyl sites for hydroxylation is 2. The van der Waals surface area contributed by atoms with E-state index >= 15 is 0 Å². The van der Waals surface area contributed by atoms with E-state index in [0.717, 1.165) is 16.8 Å². The first-order valence-electron chi connectivity index (χ1n) is 7.66. The van der Waals surface area contributed by atoms with Gasteiger partial charge in [0, 0.05) is 18.8 Å². The van der Waals surface area contributed by atoms with Crippen molar-refractivity contribution < 1.29 is 17.7 Å². The van der Waals surface area contributed by atoms with E-state index in [4.69, 9.17) is 4.18 Å². The van der Waals surface area contributed by atoms with Gasteiger partial charge in [0.1, 0.15) is 10.6 Å². The van der Waals surface area contributed by atoms with Gasteiger partial charge in [0.2, 0.25) is 0 Å². The summed E-state index contributed by atoms with van der Waals surface area (Å²) >= 11 is 0. The lowest BCUT2D eigenvalue weighted by molar-refractivity contribution is 0.163. The van der Waals surface area contributed by atoms with Gasteiger partial charge in [0.05, 0.1) is 0 Å². The Morgan fingerprint density at radius 1 is 1.12 bits per heavy atom. The van der Waals surface area contributed by atoms with Crippen LogP contribution in [0.4, 0.5) is 5.69 Å². The molecule has 7 heteroatoms. The van der Waals surface area contributed by atoms with Gasteiger partial charge in [-0.05, 0) is 61.4 Å². The molecular formula is C17H20N2O4S. The molecule has 2 aromatic rings. The maximum absolute atomic E-state index is 12.4. The molecule has 128 valence electrons. The first-order valence-corrected chi connectivity index (χ1v) is 9.07. The minimum absolute atomic E-state index is 0.0760. The van der Waals surface area contributed by atoms with Crippen LogP contribution in [-0.4, -0.2) is 33.0 Å². The zero-order chi connectivity index (χ0) is 17.3. The SMILES string of the molecule is Cc1cc(C)cc(OS(=O)(=O)c2ccc(N3CCNC3O)cc2)c1. The Labute approximate surface area is 141 Å². The summed E-state index contributed by atoms with van der Waals surface area (Å²) in [4.78, 5) is 1.83. The van der Waals surface area contributed by atoms with E-state index in [2.05, 4.69) is 5.32 Å². The fourth-order valence-electron chi connectivity index (χ4n) is 2.78. The molecule has 1 fully saturated rings. The second-order valence-electron chi connectivity index (χ2n) is 5.88. The van der Waals surface area contributed by atoms with Gasteiger partial charge in [-0.15, -0.1) is 0 Å². The average molecular weight is 348 g/mol. The largest absolute Gasteiger partial charge is 0.379 e. The summed E-state index contributed by atoms with van der Waals surface area (Å²) in [5, 5.41) is 12.7. The third-order valence-electron chi connectivity index (χ3n) is 3.83. The van der Waals surface area contributed by atoms with Gasteiger partial charge in [-0.2, -0.15) is 8.42 Å². The molecule has 6 nitrogen and oxygen atoms in total. The lowest BCUT2D eigenvalue weighted by atomic mass is 10.1. The average Bonchev–Trinajstić information content (AvgIpc) is 2.92. The van der Waals surface area contributed by atoms with Crippen LogP contribution in [-0.2, 0) is 10.1 Å². The van der Waals surface area contributed by atoms with E-state index < -0.39 is 16.5 Å². The molecule has 1 aliphatic rings. The zero-order valence-corrected chi connectivity index (χ0v) is 14.4. The lowest BCUT2D eigenvalue weighted by Gasteiger charge is -2.21. The van der Waals surface area contributed by atoms with Gasteiger partial charge in [-0.1, -0.05) is 6.07 Å². The van der Waals surface area contributed by atoms with Gasteiger partial charge in [0.25, 0.3) is 0 Å². The first kappa shape index (κ1) is 16.8. The molecule has 0 aliphatic carbocycles. The summed E-state index contributed by atoms with van der Waals surface area (Å²) in [7, 11) is -3.90. The Hall–Kier alpha value is -2.09. The predicted molar refractivity (Wildman–Crippen MR) is 91.5 cm³/mol. The summed E-state index contributed by atoms with van der Waals surface area (Å²) in [6, 6.07) is 11.6. The minimum atomic E-state index is -3.90. The minimum Gasteiger partial charge on any atom is -0.379 e. The number of benzene rings is 2. The molecule has 0 bridgehead atoms. The molecule has 0 aromatic heterocycles. The summed E-state index contributed by atoms with van der Waals surface area (Å²) < 4.78 is 30.1. The van der Waals surface area contributed by atoms with Crippen LogP contribution in [0.5, 0.6) is 5.75 Å². The number of rotatable bonds is 4. The van der Waals surface area contributed by atoms with Crippen LogP contribution in [0.3, 0.4) is 0 Å². The Morgan fingerprint density at radius 2 is 1.75 bits per heavy atom. The Kier molecular flexibility index (Phi) is 4.49. The molecule has 1 atom stereocenters. The van der Waals surface area contributed by atoms with Crippen molar-refractivity contribution in [1.82, 2.24) is 5.32 Å². The highest BCUT2D eigenvalue weighted by molar-refractivity contribution is 7.87. The van der Waals surface area contributed by atoms with Gasteiger partial charge in [0.15, 0.2) is 6.35 Å². The van der Waals surface area contributed by atoms with Gasteiger partial charge >= 0.3 is 10.1 Å². The molecule has 0 saturated carbocycles. The van der Waals surface area contributed by atoms with Crippen molar-refractivity contribution in [2.45, 2.75) is 25.1 Å². The van der Waals surface area contributed by atoms with Gasteiger partial charge < -0.3 is 14.2 Å². The number of hydrogen-bond acceptors (Lipinski definition) is 6. The second-order valence-corrected chi connectivity index (χ2v) is 7.42. The highest BCUT2D eigenvalue weighted by Crippen LogP contribution is 2.24. The maximum Gasteiger partial charge on any atom is 0.339 e. The molecule has 0 amide bonds. The predicted octanol–water partition coefficient (Wildman–Crippen LogP) is 1.76. The smallest absolute Gasteiger partial charge is 0.339 e. The number of hydrogen-bond donors (Lipinski definition) is 2. The highest BCUT2D eigenvalue weighted by Gasteiger charge is 2.23. The quantitative estimate of drug-likeness (QED) is 0.820. The van der Waals surface area contributed by atoms with E-state index in [-0.39, 0.29) is 4.90 Å². The third-order valence-corrected chi connectivity index (χ3v) is 5.09. The van der Waals surface area contributed by atoms with E-state index in [0.29, 0.717) is 18.8 Å². The van der Waals surface area contributed by atoms with E-state index in [1.165, 1.54) is 12.1 Å². The molecule has 1 aliphatic heterocycles. The van der Waals surface area contributed by atoms with Gasteiger partial charge in [-0.25, -0.2) is 0 Å². The third kappa shape index (κ3) is 3.53. The number of nitrogens with one attached hydrogen (secondary N) is 1. The van der Waals surface area contributed by atoms with E-state index in [9.17, 15) is 13.5 Å². The van der Waals surface area contributed by atoms with Crippen LogP contribution in [0.25, 0.3) is 0 Å². The van der Waals surface area contributed by atoms with Crippen LogP contribution in [0.1, 0.15) is 11.1 Å². The molecule has 2 aromatic carbocycles. The Balaban J connectivity index is 1.82. The van der Waals surface area contributed by atoms with Crippen LogP contribution in [0.15, 0.2) is 47.4 Å². The molecule has 1 unspecified atom stereocenters. The normalized spacial score (nSPS) is 18.0. The summed E-state index contributed by atoms with van der Waals surface area (Å²) in [5.74, 6) is 0.302. The van der Waals surface area contributed by atoms with E-state index in [1.54, 1.807) is 29.2 Å². The van der Waals surface area contributed by atoms with Crippen molar-refractivity contribution in [2.75, 3.05) is 18.0 Å². The Bertz CT molecular complexity index is 814.